The highest BCUT2D eigenvalue weighted by Crippen LogP contribution is 2.27. The molecule has 0 unspecified atom stereocenters. The maximum absolute atomic E-state index is 13.2. The molecule has 8 heteroatoms. The van der Waals surface area contributed by atoms with Crippen LogP contribution in [-0.4, -0.2) is 63.0 Å². The lowest BCUT2D eigenvalue weighted by Gasteiger charge is -2.32. The van der Waals surface area contributed by atoms with Gasteiger partial charge in [0.05, 0.1) is 30.6 Å². The van der Waals surface area contributed by atoms with Gasteiger partial charge in [-0.2, -0.15) is 0 Å². The number of ether oxygens (including phenoxy) is 1. The van der Waals surface area contributed by atoms with Crippen LogP contribution >= 0.6 is 0 Å². The number of rotatable bonds is 4. The molecule has 0 spiro atoms. The van der Waals surface area contributed by atoms with Crippen LogP contribution in [0.4, 0.5) is 4.39 Å². The number of nitrogens with zero attached hydrogens (tertiary/aromatic N) is 5. The van der Waals surface area contributed by atoms with E-state index in [0.717, 1.165) is 43.0 Å². The van der Waals surface area contributed by atoms with Crippen molar-refractivity contribution in [1.29, 1.82) is 0 Å². The fraction of sp³-hybridized carbons (Fsp3) is 0.400. The van der Waals surface area contributed by atoms with E-state index >= 15 is 0 Å². The molecule has 3 aromatic rings. The Balaban J connectivity index is 1.37. The van der Waals surface area contributed by atoms with Crippen LogP contribution in [0.2, 0.25) is 0 Å². The van der Waals surface area contributed by atoms with Crippen LogP contribution in [0.25, 0.3) is 5.69 Å². The molecule has 1 amide bonds. The van der Waals surface area contributed by atoms with E-state index in [1.165, 1.54) is 23.3 Å². The third kappa shape index (κ3) is 4.28. The molecule has 0 N–H and O–H groups in total. The average Bonchev–Trinajstić information content (AvgIpc) is 3.21. The monoisotopic (exact) mass is 449 g/mol. The Bertz CT molecular complexity index is 1160. The molecule has 0 bridgehead atoms. The molecule has 0 saturated carbocycles. The zero-order chi connectivity index (χ0) is 22.9. The first kappa shape index (κ1) is 21.7. The van der Waals surface area contributed by atoms with Gasteiger partial charge in [0, 0.05) is 26.2 Å². The predicted molar refractivity (Wildman–Crippen MR) is 122 cm³/mol. The first-order valence-corrected chi connectivity index (χ1v) is 11.4. The summed E-state index contributed by atoms with van der Waals surface area (Å²) in [6.45, 7) is 8.03. The van der Waals surface area contributed by atoms with E-state index in [2.05, 4.69) is 21.3 Å². The summed E-state index contributed by atoms with van der Waals surface area (Å²) in [6, 6.07) is 12.9. The number of hydrogen-bond donors (Lipinski definition) is 0. The SMILES string of the molecule is Cc1c(C(=O)N2CCOC[C@@H]2C)nnn1-c1cccc2c1CCN(Cc1ccc(F)cc1)C2. The Hall–Kier alpha value is -3.10. The van der Waals surface area contributed by atoms with Crippen LogP contribution < -0.4 is 0 Å². The normalized spacial score (nSPS) is 18.9. The second-order valence-corrected chi connectivity index (χ2v) is 8.86. The minimum Gasteiger partial charge on any atom is -0.377 e. The quantitative estimate of drug-likeness (QED) is 0.612. The summed E-state index contributed by atoms with van der Waals surface area (Å²) < 4.78 is 20.5. The first-order valence-electron chi connectivity index (χ1n) is 11.4. The third-order valence-electron chi connectivity index (χ3n) is 6.59. The predicted octanol–water partition coefficient (Wildman–Crippen LogP) is 3.13. The summed E-state index contributed by atoms with van der Waals surface area (Å²) in [6.07, 6.45) is 0.871. The van der Waals surface area contributed by atoms with Gasteiger partial charge in [-0.1, -0.05) is 29.5 Å². The van der Waals surface area contributed by atoms with Crippen molar-refractivity contribution in [3.8, 4) is 5.69 Å². The second-order valence-electron chi connectivity index (χ2n) is 8.86. The second kappa shape index (κ2) is 9.03. The minimum atomic E-state index is -0.212. The zero-order valence-electron chi connectivity index (χ0n) is 19.0. The van der Waals surface area contributed by atoms with Gasteiger partial charge in [0.1, 0.15) is 5.82 Å². The zero-order valence-corrected chi connectivity index (χ0v) is 19.0. The van der Waals surface area contributed by atoms with Crippen molar-refractivity contribution < 1.29 is 13.9 Å². The number of halogens is 1. The van der Waals surface area contributed by atoms with Crippen LogP contribution in [0, 0.1) is 12.7 Å². The van der Waals surface area contributed by atoms with Crippen LogP contribution in [0.15, 0.2) is 42.5 Å². The number of carbonyl (C=O) groups is 1. The lowest BCUT2D eigenvalue weighted by molar-refractivity contribution is 0.00322. The molecule has 2 aliphatic heterocycles. The van der Waals surface area contributed by atoms with Crippen LogP contribution in [0.5, 0.6) is 0 Å². The standard InChI is InChI=1S/C25H28FN5O2/c1-17-16-33-13-12-30(17)25(32)24-18(2)31(28-27-24)23-5-3-4-20-15-29(11-10-22(20)23)14-19-6-8-21(26)9-7-19/h3-9,17H,10-16H2,1-2H3/t17-/m0/s1. The highest BCUT2D eigenvalue weighted by Gasteiger charge is 2.29. The topological polar surface area (TPSA) is 63.5 Å². The fourth-order valence-electron chi connectivity index (χ4n) is 4.75. The molecule has 7 nitrogen and oxygen atoms in total. The molecule has 1 aromatic heterocycles. The van der Waals surface area contributed by atoms with E-state index < -0.39 is 0 Å². The molecule has 2 aromatic carbocycles. The van der Waals surface area contributed by atoms with E-state index in [4.69, 9.17) is 4.74 Å². The van der Waals surface area contributed by atoms with Crippen molar-refractivity contribution in [3.63, 3.8) is 0 Å². The Morgan fingerprint density at radius 2 is 2.00 bits per heavy atom. The highest BCUT2D eigenvalue weighted by molar-refractivity contribution is 5.93. The molecule has 0 aliphatic carbocycles. The Kier molecular flexibility index (Phi) is 5.95. The van der Waals surface area contributed by atoms with Crippen molar-refractivity contribution in [3.05, 3.63) is 76.4 Å². The van der Waals surface area contributed by atoms with Crippen LogP contribution in [-0.2, 0) is 24.2 Å². The van der Waals surface area contributed by atoms with Gasteiger partial charge in [-0.15, -0.1) is 5.10 Å². The number of aromatic nitrogens is 3. The molecule has 1 saturated heterocycles. The maximum atomic E-state index is 13.2. The third-order valence-corrected chi connectivity index (χ3v) is 6.59. The van der Waals surface area contributed by atoms with Gasteiger partial charge in [-0.3, -0.25) is 9.69 Å². The Morgan fingerprint density at radius 1 is 1.18 bits per heavy atom. The van der Waals surface area contributed by atoms with Gasteiger partial charge >= 0.3 is 0 Å². The van der Waals surface area contributed by atoms with Crippen LogP contribution in [0.3, 0.4) is 0 Å². The van der Waals surface area contributed by atoms with Gasteiger partial charge in [0.15, 0.2) is 5.69 Å². The summed E-state index contributed by atoms with van der Waals surface area (Å²) in [5, 5.41) is 8.64. The van der Waals surface area contributed by atoms with E-state index in [9.17, 15) is 9.18 Å². The number of carbonyl (C=O) groups excluding carboxylic acids is 1. The lowest BCUT2D eigenvalue weighted by Crippen LogP contribution is -2.47. The van der Waals surface area contributed by atoms with Crippen molar-refractivity contribution in [2.75, 3.05) is 26.3 Å². The van der Waals surface area contributed by atoms with E-state index in [1.807, 2.05) is 43.0 Å². The number of fused-ring (bicyclic) bond motifs is 1. The number of amides is 1. The Morgan fingerprint density at radius 3 is 2.79 bits per heavy atom. The maximum Gasteiger partial charge on any atom is 0.276 e. The lowest BCUT2D eigenvalue weighted by atomic mass is 9.97. The first-order chi connectivity index (χ1) is 16.0. The molecule has 172 valence electrons. The fourth-order valence-corrected chi connectivity index (χ4v) is 4.75. The molecule has 33 heavy (non-hydrogen) atoms. The smallest absolute Gasteiger partial charge is 0.276 e. The summed E-state index contributed by atoms with van der Waals surface area (Å²) in [5.41, 5.74) is 5.71. The number of benzene rings is 2. The van der Waals surface area contributed by atoms with Crippen molar-refractivity contribution in [1.82, 2.24) is 24.8 Å². The number of morpholine rings is 1. The molecular weight excluding hydrogens is 421 g/mol. The highest BCUT2D eigenvalue weighted by atomic mass is 19.1. The average molecular weight is 450 g/mol. The summed E-state index contributed by atoms with van der Waals surface area (Å²) in [5.74, 6) is -0.304. The minimum absolute atomic E-state index is 0.0207. The van der Waals surface area contributed by atoms with E-state index in [1.54, 1.807) is 4.68 Å². The van der Waals surface area contributed by atoms with Gasteiger partial charge in [-0.05, 0) is 55.2 Å². The van der Waals surface area contributed by atoms with Crippen molar-refractivity contribution in [2.24, 2.45) is 0 Å². The molecule has 1 fully saturated rings. The van der Waals surface area contributed by atoms with Gasteiger partial charge in [-0.25, -0.2) is 9.07 Å². The Labute approximate surface area is 192 Å². The molecule has 1 atom stereocenters. The molecule has 5 rings (SSSR count). The molecule has 0 radical (unpaired) electrons. The van der Waals surface area contributed by atoms with Crippen molar-refractivity contribution >= 4 is 5.91 Å². The van der Waals surface area contributed by atoms with Crippen molar-refractivity contribution in [2.45, 2.75) is 39.4 Å². The summed E-state index contributed by atoms with van der Waals surface area (Å²) in [4.78, 5) is 17.3. The summed E-state index contributed by atoms with van der Waals surface area (Å²) in [7, 11) is 0. The number of hydrogen-bond acceptors (Lipinski definition) is 5. The van der Waals surface area contributed by atoms with E-state index in [0.29, 0.717) is 25.5 Å². The molecule has 3 heterocycles. The van der Waals surface area contributed by atoms with Gasteiger partial charge in [0.25, 0.3) is 5.91 Å². The summed E-state index contributed by atoms with van der Waals surface area (Å²) >= 11 is 0. The van der Waals surface area contributed by atoms with E-state index in [-0.39, 0.29) is 17.8 Å². The molecule has 2 aliphatic rings. The van der Waals surface area contributed by atoms with Gasteiger partial charge in [0.2, 0.25) is 0 Å². The largest absolute Gasteiger partial charge is 0.377 e. The molecular formula is C25H28FN5O2. The van der Waals surface area contributed by atoms with Crippen LogP contribution in [0.1, 0.15) is 39.8 Å². The van der Waals surface area contributed by atoms with Gasteiger partial charge < -0.3 is 9.64 Å².